The minimum absolute atomic E-state index is 0.238. The quantitative estimate of drug-likeness (QED) is 0.677. The highest BCUT2D eigenvalue weighted by Gasteiger charge is 2.21. The zero-order valence-corrected chi connectivity index (χ0v) is 9.31. The molecule has 0 atom stereocenters. The van der Waals surface area contributed by atoms with E-state index in [0.717, 1.165) is 0 Å². The fraction of sp³-hybridized carbons (Fsp3) is 0.364. The summed E-state index contributed by atoms with van der Waals surface area (Å²) in [6, 6.07) is 2.67. The van der Waals surface area contributed by atoms with Crippen LogP contribution in [-0.4, -0.2) is 22.5 Å². The maximum Gasteiger partial charge on any atom is 0.358 e. The Morgan fingerprint density at radius 1 is 1.38 bits per heavy atom. The van der Waals surface area contributed by atoms with Crippen LogP contribution in [0.2, 0.25) is 0 Å². The van der Waals surface area contributed by atoms with Crippen molar-refractivity contribution in [2.45, 2.75) is 26.4 Å². The van der Waals surface area contributed by atoms with Gasteiger partial charge in [0.05, 0.1) is 5.97 Å². The summed E-state index contributed by atoms with van der Waals surface area (Å²) in [6.07, 6.45) is 1.33. The molecule has 0 fully saturated rings. The molecule has 0 N–H and O–H groups in total. The molecule has 5 heteroatoms. The molecule has 16 heavy (non-hydrogen) atoms. The number of rotatable bonds is 2. The van der Waals surface area contributed by atoms with Crippen LogP contribution in [-0.2, 0) is 4.74 Å². The molecule has 0 unspecified atom stereocenters. The van der Waals surface area contributed by atoms with Crippen molar-refractivity contribution >= 4 is 11.9 Å². The lowest BCUT2D eigenvalue weighted by Crippen LogP contribution is -2.29. The molecule has 0 amide bonds. The molecule has 0 aliphatic rings. The van der Waals surface area contributed by atoms with Gasteiger partial charge in [0.2, 0.25) is 0 Å². The number of carboxylic acid groups (broad SMARTS) is 1. The number of nitrogens with zero attached hydrogens (tertiary/aromatic N) is 1. The summed E-state index contributed by atoms with van der Waals surface area (Å²) < 4.78 is 5.02. The SMILES string of the molecule is CC(C)(C)OC(=O)c1ncccc1C(=O)[O-]. The number of aromatic carboxylic acids is 1. The summed E-state index contributed by atoms with van der Waals surface area (Å²) in [4.78, 5) is 26.0. The summed E-state index contributed by atoms with van der Waals surface area (Å²) in [7, 11) is 0. The van der Waals surface area contributed by atoms with Gasteiger partial charge in [-0.15, -0.1) is 0 Å². The Kier molecular flexibility index (Phi) is 3.27. The summed E-state index contributed by atoms with van der Waals surface area (Å²) in [5.41, 5.74) is -1.20. The second kappa shape index (κ2) is 4.30. The molecule has 0 aliphatic carbocycles. The fourth-order valence-corrected chi connectivity index (χ4v) is 1.06. The predicted molar refractivity (Wildman–Crippen MR) is 53.7 cm³/mol. The molecule has 0 aromatic carbocycles. The van der Waals surface area contributed by atoms with Gasteiger partial charge >= 0.3 is 5.97 Å². The average Bonchev–Trinajstić information content (AvgIpc) is 2.15. The lowest BCUT2D eigenvalue weighted by atomic mass is 10.1. The maximum absolute atomic E-state index is 11.6. The van der Waals surface area contributed by atoms with Crippen molar-refractivity contribution in [3.05, 3.63) is 29.6 Å². The van der Waals surface area contributed by atoms with E-state index < -0.39 is 17.5 Å². The first-order valence-corrected chi connectivity index (χ1v) is 4.71. The molecule has 0 aliphatic heterocycles. The normalized spacial score (nSPS) is 10.9. The van der Waals surface area contributed by atoms with E-state index in [1.54, 1.807) is 20.8 Å². The number of esters is 1. The van der Waals surface area contributed by atoms with Crippen LogP contribution in [0.1, 0.15) is 41.6 Å². The molecular weight excluding hydrogens is 210 g/mol. The van der Waals surface area contributed by atoms with E-state index in [2.05, 4.69) is 4.98 Å². The number of carboxylic acids is 1. The Balaban J connectivity index is 3.04. The van der Waals surface area contributed by atoms with Crippen molar-refractivity contribution in [1.82, 2.24) is 4.98 Å². The Labute approximate surface area is 93.1 Å². The topological polar surface area (TPSA) is 79.3 Å². The van der Waals surface area contributed by atoms with E-state index in [1.807, 2.05) is 0 Å². The first kappa shape index (κ1) is 12.2. The Morgan fingerprint density at radius 3 is 2.50 bits per heavy atom. The number of carbonyl (C=O) groups excluding carboxylic acids is 2. The second-order valence-electron chi connectivity index (χ2n) is 4.19. The molecule has 1 rings (SSSR count). The highest BCUT2D eigenvalue weighted by Crippen LogP contribution is 2.13. The lowest BCUT2D eigenvalue weighted by molar-refractivity contribution is -0.255. The molecule has 0 bridgehead atoms. The van der Waals surface area contributed by atoms with E-state index in [0.29, 0.717) is 0 Å². The van der Waals surface area contributed by atoms with Gasteiger partial charge in [0, 0.05) is 11.8 Å². The minimum Gasteiger partial charge on any atom is -0.545 e. The molecule has 1 aromatic heterocycles. The number of ether oxygens (including phenoxy) is 1. The van der Waals surface area contributed by atoms with E-state index in [1.165, 1.54) is 18.3 Å². The van der Waals surface area contributed by atoms with Crippen LogP contribution in [0.3, 0.4) is 0 Å². The number of pyridine rings is 1. The zero-order chi connectivity index (χ0) is 12.3. The second-order valence-corrected chi connectivity index (χ2v) is 4.19. The van der Waals surface area contributed by atoms with E-state index in [4.69, 9.17) is 4.74 Å². The molecule has 1 aromatic rings. The van der Waals surface area contributed by atoms with Crippen LogP contribution in [0, 0.1) is 0 Å². The van der Waals surface area contributed by atoms with Gasteiger partial charge in [-0.3, -0.25) is 0 Å². The zero-order valence-electron chi connectivity index (χ0n) is 9.31. The smallest absolute Gasteiger partial charge is 0.358 e. The highest BCUT2D eigenvalue weighted by molar-refractivity contribution is 6.00. The Hall–Kier alpha value is -1.91. The van der Waals surface area contributed by atoms with Crippen LogP contribution in [0.4, 0.5) is 0 Å². The van der Waals surface area contributed by atoms with Crippen molar-refractivity contribution in [2.75, 3.05) is 0 Å². The predicted octanol–water partition coefficient (Wildman–Crippen LogP) is 0.400. The summed E-state index contributed by atoms with van der Waals surface area (Å²) in [5.74, 6) is -2.22. The van der Waals surface area contributed by atoms with Crippen LogP contribution in [0.25, 0.3) is 0 Å². The standard InChI is InChI=1S/C11H13NO4/c1-11(2,3)16-10(15)8-7(9(13)14)5-4-6-12-8/h4-6H,1-3H3,(H,13,14)/p-1. The number of carbonyl (C=O) groups is 2. The molecule has 0 saturated heterocycles. The van der Waals surface area contributed by atoms with E-state index >= 15 is 0 Å². The number of hydrogen-bond donors (Lipinski definition) is 0. The third kappa shape index (κ3) is 3.05. The van der Waals surface area contributed by atoms with Gasteiger partial charge in [0.25, 0.3) is 0 Å². The molecule has 0 radical (unpaired) electrons. The summed E-state index contributed by atoms with van der Waals surface area (Å²) in [5, 5.41) is 10.7. The van der Waals surface area contributed by atoms with Gasteiger partial charge in [-0.05, 0) is 32.9 Å². The summed E-state index contributed by atoms with van der Waals surface area (Å²) in [6.45, 7) is 5.06. The first-order chi connectivity index (χ1) is 7.31. The third-order valence-electron chi connectivity index (χ3n) is 1.62. The molecule has 0 saturated carbocycles. The van der Waals surface area contributed by atoms with Crippen molar-refractivity contribution in [2.24, 2.45) is 0 Å². The first-order valence-electron chi connectivity index (χ1n) is 4.71. The third-order valence-corrected chi connectivity index (χ3v) is 1.62. The van der Waals surface area contributed by atoms with Gasteiger partial charge in [-0.25, -0.2) is 9.78 Å². The molecule has 1 heterocycles. The van der Waals surface area contributed by atoms with Crippen LogP contribution >= 0.6 is 0 Å². The van der Waals surface area contributed by atoms with Gasteiger partial charge in [0.15, 0.2) is 5.69 Å². The van der Waals surface area contributed by atoms with Gasteiger partial charge < -0.3 is 14.6 Å². The Bertz CT molecular complexity index is 420. The number of aromatic nitrogens is 1. The molecular formula is C11H12NO4-. The highest BCUT2D eigenvalue weighted by atomic mass is 16.6. The van der Waals surface area contributed by atoms with Gasteiger partial charge in [0.1, 0.15) is 5.60 Å². The van der Waals surface area contributed by atoms with Crippen LogP contribution in [0.5, 0.6) is 0 Å². The van der Waals surface area contributed by atoms with Crippen molar-refractivity contribution in [3.63, 3.8) is 0 Å². The monoisotopic (exact) mass is 222 g/mol. The molecule has 86 valence electrons. The number of hydrogen-bond acceptors (Lipinski definition) is 5. The Morgan fingerprint density at radius 2 is 2.00 bits per heavy atom. The average molecular weight is 222 g/mol. The van der Waals surface area contributed by atoms with Crippen molar-refractivity contribution in [3.8, 4) is 0 Å². The van der Waals surface area contributed by atoms with Crippen molar-refractivity contribution in [1.29, 1.82) is 0 Å². The van der Waals surface area contributed by atoms with Gasteiger partial charge in [-0.1, -0.05) is 0 Å². The van der Waals surface area contributed by atoms with Crippen LogP contribution in [0.15, 0.2) is 18.3 Å². The summed E-state index contributed by atoms with van der Waals surface area (Å²) >= 11 is 0. The largest absolute Gasteiger partial charge is 0.545 e. The molecule has 5 nitrogen and oxygen atoms in total. The van der Waals surface area contributed by atoms with Gasteiger partial charge in [-0.2, -0.15) is 0 Å². The fourth-order valence-electron chi connectivity index (χ4n) is 1.06. The lowest BCUT2D eigenvalue weighted by Gasteiger charge is -2.20. The minimum atomic E-state index is -1.45. The van der Waals surface area contributed by atoms with Crippen molar-refractivity contribution < 1.29 is 19.4 Å². The van der Waals surface area contributed by atoms with Crippen LogP contribution < -0.4 is 5.11 Å². The van der Waals surface area contributed by atoms with E-state index in [9.17, 15) is 14.7 Å². The maximum atomic E-state index is 11.6. The van der Waals surface area contributed by atoms with E-state index in [-0.39, 0.29) is 11.3 Å². The molecule has 0 spiro atoms.